The third-order valence-corrected chi connectivity index (χ3v) is 12.3. The summed E-state index contributed by atoms with van der Waals surface area (Å²) in [4.78, 5) is 69.6. The van der Waals surface area contributed by atoms with E-state index in [9.17, 15) is 24.0 Å². The summed E-state index contributed by atoms with van der Waals surface area (Å²) < 4.78 is 32.6. The molecule has 0 bridgehead atoms. The van der Waals surface area contributed by atoms with Gasteiger partial charge < -0.3 is 43.1 Å². The molecule has 1 unspecified atom stereocenters. The summed E-state index contributed by atoms with van der Waals surface area (Å²) in [6.45, 7) is 17.0. The third-order valence-electron chi connectivity index (χ3n) is 12.3. The summed E-state index contributed by atoms with van der Waals surface area (Å²) in [7, 11) is 2.07. The summed E-state index contributed by atoms with van der Waals surface area (Å²) in [5.41, 5.74) is 0. The molecule has 14 heteroatoms. The molecule has 0 aromatic rings. The van der Waals surface area contributed by atoms with Crippen LogP contribution < -0.4 is 0 Å². The Hall–Kier alpha value is -3.75. The lowest BCUT2D eigenvalue weighted by Gasteiger charge is -2.25. The summed E-state index contributed by atoms with van der Waals surface area (Å²) in [5, 5.41) is 0. The fourth-order valence-corrected chi connectivity index (χ4v) is 7.87. The number of nitrogens with zero attached hydrogens (tertiary/aromatic N) is 3. The molecule has 0 aliphatic rings. The van der Waals surface area contributed by atoms with Crippen molar-refractivity contribution >= 4 is 30.0 Å². The van der Waals surface area contributed by atoms with Crippen LogP contribution in [-0.2, 0) is 47.6 Å². The van der Waals surface area contributed by atoms with Crippen LogP contribution in [0.4, 0.5) is 4.79 Å². The van der Waals surface area contributed by atoms with E-state index in [2.05, 4.69) is 92.8 Å². The summed E-state index contributed by atoms with van der Waals surface area (Å²) >= 11 is 0. The highest BCUT2D eigenvalue weighted by molar-refractivity contribution is 5.71. The minimum Gasteiger partial charge on any atom is -0.466 e. The van der Waals surface area contributed by atoms with E-state index in [1.165, 1.54) is 19.3 Å². The highest BCUT2D eigenvalue weighted by Crippen LogP contribution is 2.18. The highest BCUT2D eigenvalue weighted by Gasteiger charge is 2.17. The van der Waals surface area contributed by atoms with Gasteiger partial charge in [-0.2, -0.15) is 0 Å². The molecule has 0 heterocycles. The van der Waals surface area contributed by atoms with Crippen molar-refractivity contribution in [1.82, 2.24) is 14.7 Å². The Labute approximate surface area is 438 Å². The standard InChI is InChI=1S/C58H105N3O11/c1-7-12-17-21-24-28-47-67-54(62)35-43-60(44-36-55(63)68-48-29-25-22-18-13-8-2)41-31-39-59(6)40-32-42-61(45-37-56(64)69-49-30-26-23-19-14-9-3)46-38-57(65)70-50-51-71-58(66)72-52-53(33-16-11-5)34-27-20-15-10-4/h12-14,17-19,53H,7-11,15-16,20-52H2,1-6H3/b17-12-,18-13-,19-14-. The molecule has 0 rings (SSSR count). The molecule has 0 spiro atoms. The zero-order chi connectivity index (χ0) is 53.0. The predicted octanol–water partition coefficient (Wildman–Crippen LogP) is 12.4. The number of carbonyl (C=O) groups excluding carboxylic acids is 5. The van der Waals surface area contributed by atoms with Crippen LogP contribution in [-0.4, -0.2) is 144 Å². The number of ether oxygens (including phenoxy) is 6. The van der Waals surface area contributed by atoms with Crippen LogP contribution in [0, 0.1) is 5.92 Å². The second kappa shape index (κ2) is 52.1. The lowest BCUT2D eigenvalue weighted by molar-refractivity contribution is -0.146. The predicted molar refractivity (Wildman–Crippen MR) is 291 cm³/mol. The second-order valence-electron chi connectivity index (χ2n) is 19.0. The van der Waals surface area contributed by atoms with Gasteiger partial charge in [0, 0.05) is 26.2 Å². The van der Waals surface area contributed by atoms with Crippen LogP contribution in [0.25, 0.3) is 0 Å². The maximum atomic E-state index is 12.8. The summed E-state index contributed by atoms with van der Waals surface area (Å²) in [6, 6.07) is 0. The van der Waals surface area contributed by atoms with Gasteiger partial charge in [0.25, 0.3) is 0 Å². The third kappa shape index (κ3) is 47.3. The Bertz CT molecular complexity index is 1370. The molecule has 0 N–H and O–H groups in total. The van der Waals surface area contributed by atoms with Gasteiger partial charge in [-0.25, -0.2) is 4.79 Å². The van der Waals surface area contributed by atoms with Gasteiger partial charge in [0.1, 0.15) is 13.2 Å². The minimum absolute atomic E-state index is 0.0595. The molecule has 0 aliphatic carbocycles. The van der Waals surface area contributed by atoms with Gasteiger partial charge in [-0.05, 0) is 142 Å². The average Bonchev–Trinajstić information content (AvgIpc) is 3.37. The zero-order valence-corrected chi connectivity index (χ0v) is 46.7. The highest BCUT2D eigenvalue weighted by atomic mass is 16.7. The minimum atomic E-state index is -0.737. The van der Waals surface area contributed by atoms with Crippen LogP contribution in [0.3, 0.4) is 0 Å². The van der Waals surface area contributed by atoms with Gasteiger partial charge in [0.15, 0.2) is 0 Å². The average molecular weight is 1020 g/mol. The number of carbonyl (C=O) groups is 5. The van der Waals surface area contributed by atoms with Gasteiger partial charge in [0.05, 0.1) is 52.1 Å². The maximum absolute atomic E-state index is 12.8. The van der Waals surface area contributed by atoms with Gasteiger partial charge in [-0.15, -0.1) is 0 Å². The van der Waals surface area contributed by atoms with Gasteiger partial charge in [-0.1, -0.05) is 110 Å². The van der Waals surface area contributed by atoms with Crippen LogP contribution >= 0.6 is 0 Å². The van der Waals surface area contributed by atoms with Crippen molar-refractivity contribution in [3.8, 4) is 0 Å². The van der Waals surface area contributed by atoms with Gasteiger partial charge in [0.2, 0.25) is 0 Å². The molecule has 0 fully saturated rings. The van der Waals surface area contributed by atoms with Crippen LogP contribution in [0.5, 0.6) is 0 Å². The number of hydrogen-bond acceptors (Lipinski definition) is 14. The fourth-order valence-electron chi connectivity index (χ4n) is 7.87. The van der Waals surface area contributed by atoms with Crippen molar-refractivity contribution in [2.45, 2.75) is 202 Å². The molecule has 0 aromatic heterocycles. The number of unbranched alkanes of at least 4 members (excludes halogenated alkanes) is 10. The molecule has 0 aliphatic heterocycles. The number of hydrogen-bond donors (Lipinski definition) is 0. The fraction of sp³-hybridized carbons (Fsp3) is 0.810. The summed E-state index contributed by atoms with van der Waals surface area (Å²) in [6.07, 6.45) is 35.2. The first kappa shape index (κ1) is 68.2. The molecule has 0 saturated carbocycles. The van der Waals surface area contributed by atoms with Crippen molar-refractivity contribution in [2.75, 3.05) is 99.0 Å². The van der Waals surface area contributed by atoms with E-state index in [-0.39, 0.29) is 56.8 Å². The molecular weight excluding hydrogens is 915 g/mol. The Morgan fingerprint density at radius 2 is 0.764 bits per heavy atom. The Morgan fingerprint density at radius 1 is 0.375 bits per heavy atom. The molecule has 0 radical (unpaired) electrons. The van der Waals surface area contributed by atoms with E-state index in [1.807, 2.05) is 0 Å². The van der Waals surface area contributed by atoms with E-state index in [4.69, 9.17) is 28.4 Å². The Balaban J connectivity index is 5.15. The molecule has 14 nitrogen and oxygen atoms in total. The summed E-state index contributed by atoms with van der Waals surface area (Å²) in [5.74, 6) is -0.769. The van der Waals surface area contributed by atoms with E-state index in [0.717, 1.165) is 142 Å². The number of allylic oxidation sites excluding steroid dienone is 6. The zero-order valence-electron chi connectivity index (χ0n) is 46.7. The van der Waals surface area contributed by atoms with Crippen molar-refractivity contribution < 1.29 is 52.4 Å². The second-order valence-corrected chi connectivity index (χ2v) is 19.0. The SMILES string of the molecule is CC/C=C\CCCCOC(=O)CCN(CCCN(C)CCCN(CCC(=O)OCCCC/C=C\CC)CCC(=O)OCCOC(=O)OCC(CCCC)CCCCCC)CCC(=O)OCCCC/C=C\CC. The van der Waals surface area contributed by atoms with E-state index in [1.54, 1.807) is 0 Å². The molecule has 418 valence electrons. The topological polar surface area (TPSA) is 150 Å². The first-order chi connectivity index (χ1) is 35.1. The normalized spacial score (nSPS) is 12.2. The first-order valence-electron chi connectivity index (χ1n) is 28.6. The van der Waals surface area contributed by atoms with Crippen molar-refractivity contribution in [3.63, 3.8) is 0 Å². The number of esters is 4. The Kier molecular flexibility index (Phi) is 49.4. The first-order valence-corrected chi connectivity index (χ1v) is 28.6. The van der Waals surface area contributed by atoms with Crippen LogP contribution in [0.15, 0.2) is 36.5 Å². The molecule has 0 saturated heterocycles. The molecule has 72 heavy (non-hydrogen) atoms. The molecule has 0 amide bonds. The lowest BCUT2D eigenvalue weighted by Crippen LogP contribution is -2.34. The van der Waals surface area contributed by atoms with Gasteiger partial charge in [-0.3, -0.25) is 19.2 Å². The van der Waals surface area contributed by atoms with Crippen molar-refractivity contribution in [2.24, 2.45) is 5.92 Å². The molecule has 0 aromatic carbocycles. The molecule has 1 atom stereocenters. The van der Waals surface area contributed by atoms with Gasteiger partial charge >= 0.3 is 30.0 Å². The van der Waals surface area contributed by atoms with Crippen LogP contribution in [0.1, 0.15) is 202 Å². The quantitative estimate of drug-likeness (QED) is 0.0246. The number of rotatable bonds is 51. The van der Waals surface area contributed by atoms with Crippen molar-refractivity contribution in [3.05, 3.63) is 36.5 Å². The molecular formula is C58H105N3O11. The largest absolute Gasteiger partial charge is 0.508 e. The monoisotopic (exact) mass is 1020 g/mol. The lowest BCUT2D eigenvalue weighted by atomic mass is 9.96. The van der Waals surface area contributed by atoms with E-state index in [0.29, 0.717) is 65.1 Å². The van der Waals surface area contributed by atoms with Crippen molar-refractivity contribution in [1.29, 1.82) is 0 Å². The Morgan fingerprint density at radius 3 is 1.17 bits per heavy atom. The van der Waals surface area contributed by atoms with E-state index >= 15 is 0 Å². The maximum Gasteiger partial charge on any atom is 0.508 e. The van der Waals surface area contributed by atoms with E-state index < -0.39 is 12.1 Å². The van der Waals surface area contributed by atoms with Crippen LogP contribution in [0.2, 0.25) is 0 Å². The smallest absolute Gasteiger partial charge is 0.466 e.